The van der Waals surface area contributed by atoms with Crippen LogP contribution in [0.5, 0.6) is 0 Å². The van der Waals surface area contributed by atoms with Crippen LogP contribution < -0.4 is 10.5 Å². The van der Waals surface area contributed by atoms with Crippen molar-refractivity contribution in [3.05, 3.63) is 45.5 Å². The number of morpholine rings is 1. The molecule has 2 aromatic rings. The van der Waals surface area contributed by atoms with E-state index in [9.17, 15) is 22.8 Å². The number of halogens is 4. The number of rotatable bonds is 3. The highest BCUT2D eigenvalue weighted by molar-refractivity contribution is 6.33. The zero-order valence-electron chi connectivity index (χ0n) is 17.0. The molecule has 4 rings (SSSR count). The molecule has 2 fully saturated rings. The number of alkyl halides is 3. The third-order valence-corrected chi connectivity index (χ3v) is 5.98. The summed E-state index contributed by atoms with van der Waals surface area (Å²) in [6.45, 7) is 3.18. The Hall–Kier alpha value is -2.66. The number of carbonyl (C=O) groups excluding carboxylic acids is 1. The maximum Gasteiger partial charge on any atom is 0.417 e. The second kappa shape index (κ2) is 9.07. The van der Waals surface area contributed by atoms with E-state index in [0.29, 0.717) is 51.3 Å². The van der Waals surface area contributed by atoms with Crippen LogP contribution >= 0.6 is 11.6 Å². The van der Waals surface area contributed by atoms with Crippen molar-refractivity contribution in [2.45, 2.75) is 19.0 Å². The molecule has 0 aliphatic carbocycles. The lowest BCUT2D eigenvalue weighted by Crippen LogP contribution is -2.48. The van der Waals surface area contributed by atoms with Gasteiger partial charge in [0, 0.05) is 32.4 Å². The maximum absolute atomic E-state index is 12.9. The number of pyridine rings is 1. The minimum absolute atomic E-state index is 0.0596. The van der Waals surface area contributed by atoms with Gasteiger partial charge in [-0.15, -0.1) is 0 Å². The van der Waals surface area contributed by atoms with Crippen molar-refractivity contribution in [1.82, 2.24) is 19.7 Å². The molecule has 4 heterocycles. The van der Waals surface area contributed by atoms with E-state index in [0.717, 1.165) is 29.7 Å². The fraction of sp³-hybridized carbons (Fsp3) is 0.500. The molecule has 172 valence electrons. The van der Waals surface area contributed by atoms with Gasteiger partial charge < -0.3 is 14.5 Å². The molecule has 0 N–H and O–H groups in total. The fourth-order valence-electron chi connectivity index (χ4n) is 3.93. The number of hydrogen-bond donors (Lipinski definition) is 0. The summed E-state index contributed by atoms with van der Waals surface area (Å²) in [5.74, 6) is -0.239. The van der Waals surface area contributed by atoms with Gasteiger partial charge in [0.25, 0.3) is 5.56 Å². The second-order valence-corrected chi connectivity index (χ2v) is 8.06. The molecule has 0 spiro atoms. The zero-order chi connectivity index (χ0) is 22.9. The number of carbonyl (C=O) groups is 1. The maximum atomic E-state index is 12.9. The van der Waals surface area contributed by atoms with E-state index in [4.69, 9.17) is 16.3 Å². The highest BCUT2D eigenvalue weighted by Crippen LogP contribution is 2.30. The lowest BCUT2D eigenvalue weighted by atomic mass is 9.96. The van der Waals surface area contributed by atoms with Crippen molar-refractivity contribution in [1.29, 1.82) is 0 Å². The van der Waals surface area contributed by atoms with Crippen LogP contribution in [0.3, 0.4) is 0 Å². The smallest absolute Gasteiger partial charge is 0.378 e. The lowest BCUT2D eigenvalue weighted by Gasteiger charge is -2.37. The van der Waals surface area contributed by atoms with E-state index < -0.39 is 17.3 Å². The first-order chi connectivity index (χ1) is 15.3. The topological polar surface area (TPSA) is 80.6 Å². The number of piperidine rings is 1. The van der Waals surface area contributed by atoms with E-state index >= 15 is 0 Å². The average molecular weight is 472 g/mol. The van der Waals surface area contributed by atoms with Crippen LogP contribution in [0, 0.1) is 5.92 Å². The molecular formula is C20H21ClF3N5O3. The first kappa shape index (κ1) is 22.5. The minimum Gasteiger partial charge on any atom is -0.378 e. The van der Waals surface area contributed by atoms with Crippen LogP contribution in [0.15, 0.2) is 29.3 Å². The van der Waals surface area contributed by atoms with Gasteiger partial charge in [0.1, 0.15) is 5.02 Å². The second-order valence-electron chi connectivity index (χ2n) is 7.69. The normalized spacial score (nSPS) is 19.8. The molecule has 32 heavy (non-hydrogen) atoms. The molecule has 2 aromatic heterocycles. The molecule has 0 radical (unpaired) electrons. The summed E-state index contributed by atoms with van der Waals surface area (Å²) in [7, 11) is 0. The van der Waals surface area contributed by atoms with Gasteiger partial charge in [0.05, 0.1) is 36.6 Å². The first-order valence-electron chi connectivity index (χ1n) is 10.2. The largest absolute Gasteiger partial charge is 0.417 e. The SMILES string of the molecule is O=C(C1CCCN(c2cnn(-c3ccc(C(F)(F)F)cn3)c(=O)c2Cl)C1)N1CCOCC1. The number of aromatic nitrogens is 3. The van der Waals surface area contributed by atoms with Gasteiger partial charge in [-0.3, -0.25) is 9.59 Å². The van der Waals surface area contributed by atoms with Crippen LogP contribution in [0.1, 0.15) is 18.4 Å². The number of nitrogens with zero attached hydrogens (tertiary/aromatic N) is 5. The summed E-state index contributed by atoms with van der Waals surface area (Å²) in [5.41, 5.74) is -1.24. The molecule has 2 aliphatic heterocycles. The number of hydrogen-bond acceptors (Lipinski definition) is 6. The molecule has 1 unspecified atom stereocenters. The summed E-state index contributed by atoms with van der Waals surface area (Å²) in [6.07, 6.45) is -1.03. The third-order valence-electron chi connectivity index (χ3n) is 5.63. The van der Waals surface area contributed by atoms with E-state index in [1.54, 1.807) is 4.90 Å². The predicted octanol–water partition coefficient (Wildman–Crippen LogP) is 2.37. The Kier molecular flexibility index (Phi) is 6.38. The highest BCUT2D eigenvalue weighted by atomic mass is 35.5. The summed E-state index contributed by atoms with van der Waals surface area (Å²) in [6, 6.07) is 1.88. The molecular weight excluding hydrogens is 451 g/mol. The van der Waals surface area contributed by atoms with Crippen LogP contribution in [0.25, 0.3) is 5.82 Å². The van der Waals surface area contributed by atoms with Gasteiger partial charge in [-0.1, -0.05) is 11.6 Å². The Morgan fingerprint density at radius 1 is 1.16 bits per heavy atom. The highest BCUT2D eigenvalue weighted by Gasteiger charge is 2.32. The molecule has 2 aliphatic rings. The van der Waals surface area contributed by atoms with Gasteiger partial charge in [0.15, 0.2) is 5.82 Å². The van der Waals surface area contributed by atoms with E-state index in [1.165, 1.54) is 6.20 Å². The Morgan fingerprint density at radius 3 is 2.56 bits per heavy atom. The molecule has 0 aromatic carbocycles. The van der Waals surface area contributed by atoms with Crippen molar-refractivity contribution in [2.75, 3.05) is 44.3 Å². The Balaban J connectivity index is 1.54. The van der Waals surface area contributed by atoms with Crippen molar-refractivity contribution in [3.8, 4) is 5.82 Å². The molecule has 12 heteroatoms. The third kappa shape index (κ3) is 4.58. The molecule has 0 bridgehead atoms. The average Bonchev–Trinajstić information content (AvgIpc) is 2.80. The Bertz CT molecular complexity index is 1040. The van der Waals surface area contributed by atoms with E-state index in [2.05, 4.69) is 10.1 Å². The molecule has 1 amide bonds. The van der Waals surface area contributed by atoms with E-state index in [1.807, 2.05) is 4.90 Å². The molecule has 1 atom stereocenters. The number of anilines is 1. The van der Waals surface area contributed by atoms with Crippen LogP contribution in [-0.2, 0) is 15.7 Å². The van der Waals surface area contributed by atoms with Gasteiger partial charge in [-0.2, -0.15) is 23.0 Å². The molecule has 0 saturated carbocycles. The van der Waals surface area contributed by atoms with Crippen molar-refractivity contribution in [3.63, 3.8) is 0 Å². The van der Waals surface area contributed by atoms with Gasteiger partial charge in [-0.25, -0.2) is 4.98 Å². The summed E-state index contributed by atoms with van der Waals surface area (Å²) in [4.78, 5) is 33.0. The van der Waals surface area contributed by atoms with Gasteiger partial charge >= 0.3 is 6.18 Å². The molecule has 2 saturated heterocycles. The quantitative estimate of drug-likeness (QED) is 0.684. The predicted molar refractivity (Wildman–Crippen MR) is 110 cm³/mol. The van der Waals surface area contributed by atoms with Crippen molar-refractivity contribution >= 4 is 23.2 Å². The molecule has 8 nitrogen and oxygen atoms in total. The van der Waals surface area contributed by atoms with Gasteiger partial charge in [-0.05, 0) is 25.0 Å². The zero-order valence-corrected chi connectivity index (χ0v) is 17.8. The first-order valence-corrected chi connectivity index (χ1v) is 10.6. The standard InChI is InChI=1S/C20H21ClF3N5O3/c21-17-15(28-5-1-2-13(12-28)18(30)27-6-8-32-9-7-27)11-26-29(19(17)31)16-4-3-14(10-25-16)20(22,23)24/h3-4,10-11,13H,1-2,5-9,12H2. The monoisotopic (exact) mass is 471 g/mol. The van der Waals surface area contributed by atoms with Crippen LogP contribution in [0.2, 0.25) is 5.02 Å². The van der Waals surface area contributed by atoms with Crippen LogP contribution in [0.4, 0.5) is 18.9 Å². The van der Waals surface area contributed by atoms with Crippen molar-refractivity contribution in [2.24, 2.45) is 5.92 Å². The summed E-state index contributed by atoms with van der Waals surface area (Å²) >= 11 is 6.33. The minimum atomic E-state index is -4.53. The van der Waals surface area contributed by atoms with Crippen molar-refractivity contribution < 1.29 is 22.7 Å². The van der Waals surface area contributed by atoms with E-state index in [-0.39, 0.29) is 22.7 Å². The number of ether oxygens (including phenoxy) is 1. The summed E-state index contributed by atoms with van der Waals surface area (Å²) < 4.78 is 44.4. The fourth-order valence-corrected chi connectivity index (χ4v) is 4.17. The number of amides is 1. The Labute approximate surface area is 186 Å². The van der Waals surface area contributed by atoms with Gasteiger partial charge in [0.2, 0.25) is 5.91 Å². The lowest BCUT2D eigenvalue weighted by molar-refractivity contribution is -0.140. The summed E-state index contributed by atoms with van der Waals surface area (Å²) in [5, 5.41) is 3.93. The Morgan fingerprint density at radius 2 is 1.91 bits per heavy atom. The van der Waals surface area contributed by atoms with Crippen LogP contribution in [-0.4, -0.2) is 65.0 Å².